The van der Waals surface area contributed by atoms with Gasteiger partial charge in [0.25, 0.3) is 0 Å². The van der Waals surface area contributed by atoms with Crippen molar-refractivity contribution in [2.24, 2.45) is 0 Å². The van der Waals surface area contributed by atoms with Gasteiger partial charge in [0.05, 0.1) is 11.5 Å². The van der Waals surface area contributed by atoms with E-state index < -0.39 is 0 Å². The predicted molar refractivity (Wildman–Crippen MR) is 60.9 cm³/mol. The van der Waals surface area contributed by atoms with Gasteiger partial charge in [-0.1, -0.05) is 6.07 Å². The molecule has 1 fully saturated rings. The second-order valence-corrected chi connectivity index (χ2v) is 3.69. The lowest BCUT2D eigenvalue weighted by Gasteiger charge is -2.31. The third-order valence-electron chi connectivity index (χ3n) is 2.89. The maximum atomic E-state index is 9.29. The van der Waals surface area contributed by atoms with Crippen molar-refractivity contribution in [3.05, 3.63) is 30.1 Å². The molecule has 80 valence electrons. The molecule has 1 aromatic heterocycles. The molecule has 1 N–H and O–H groups in total. The Kier molecular flexibility index (Phi) is 4.07. The fourth-order valence-electron chi connectivity index (χ4n) is 1.96. The summed E-state index contributed by atoms with van der Waals surface area (Å²) < 4.78 is 0. The van der Waals surface area contributed by atoms with Gasteiger partial charge in [0.1, 0.15) is 0 Å². The summed E-state index contributed by atoms with van der Waals surface area (Å²) in [5.41, 5.74) is 0.753. The molecule has 4 heteroatoms. The minimum absolute atomic E-state index is 0. The molecular formula is C11H14ClN3. The fraction of sp³-hybridized carbons (Fsp3) is 0.455. The van der Waals surface area contributed by atoms with Gasteiger partial charge >= 0.3 is 0 Å². The monoisotopic (exact) mass is 223 g/mol. The standard InChI is InChI=1S/C11H13N3.ClH/c12-9-11(3-6-13-7-4-11)10-2-1-5-14-8-10;/h1-2,5,8,13H,3-4,6-7H2;1H. The molecule has 0 unspecified atom stereocenters. The van der Waals surface area contributed by atoms with E-state index in [2.05, 4.69) is 16.4 Å². The van der Waals surface area contributed by atoms with E-state index in [1.807, 2.05) is 18.3 Å². The molecule has 2 rings (SSSR count). The first kappa shape index (κ1) is 12.0. The number of rotatable bonds is 1. The van der Waals surface area contributed by atoms with Crippen molar-refractivity contribution in [3.8, 4) is 6.07 Å². The summed E-state index contributed by atoms with van der Waals surface area (Å²) in [6, 6.07) is 6.35. The van der Waals surface area contributed by atoms with Gasteiger partial charge in [0.15, 0.2) is 0 Å². The molecule has 1 aliphatic heterocycles. The van der Waals surface area contributed by atoms with Crippen LogP contribution < -0.4 is 5.32 Å². The zero-order chi connectivity index (χ0) is 9.86. The SMILES string of the molecule is Cl.N#CC1(c2cccnc2)CCNCC1. The number of nitriles is 1. The van der Waals surface area contributed by atoms with Crippen LogP contribution in [0.2, 0.25) is 0 Å². The third kappa shape index (κ3) is 2.28. The Balaban J connectivity index is 0.00000112. The molecule has 0 amide bonds. The average molecular weight is 224 g/mol. The van der Waals surface area contributed by atoms with E-state index in [-0.39, 0.29) is 17.8 Å². The van der Waals surface area contributed by atoms with Crippen LogP contribution in [0.1, 0.15) is 18.4 Å². The molecule has 0 radical (unpaired) electrons. The molecule has 15 heavy (non-hydrogen) atoms. The molecule has 0 aromatic carbocycles. The zero-order valence-electron chi connectivity index (χ0n) is 8.44. The van der Waals surface area contributed by atoms with E-state index in [9.17, 15) is 5.26 Å². The molecule has 0 atom stereocenters. The smallest absolute Gasteiger partial charge is 0.0861 e. The van der Waals surface area contributed by atoms with Crippen molar-refractivity contribution in [3.63, 3.8) is 0 Å². The van der Waals surface area contributed by atoms with Crippen LogP contribution in [0.5, 0.6) is 0 Å². The second-order valence-electron chi connectivity index (χ2n) is 3.69. The Morgan fingerprint density at radius 3 is 2.67 bits per heavy atom. The summed E-state index contributed by atoms with van der Waals surface area (Å²) in [6.07, 6.45) is 5.33. The van der Waals surface area contributed by atoms with Crippen LogP contribution in [-0.4, -0.2) is 18.1 Å². The summed E-state index contributed by atoms with van der Waals surface area (Å²) in [4.78, 5) is 4.08. The maximum Gasteiger partial charge on any atom is 0.0861 e. The molecule has 0 aliphatic carbocycles. The summed E-state index contributed by atoms with van der Waals surface area (Å²) in [5, 5.41) is 12.6. The number of hydrogen-bond donors (Lipinski definition) is 1. The highest BCUT2D eigenvalue weighted by atomic mass is 35.5. The lowest BCUT2D eigenvalue weighted by Crippen LogP contribution is -2.38. The Labute approximate surface area is 95.9 Å². The van der Waals surface area contributed by atoms with Crippen LogP contribution in [-0.2, 0) is 5.41 Å². The van der Waals surface area contributed by atoms with Crippen LogP contribution in [0, 0.1) is 11.3 Å². The fourth-order valence-corrected chi connectivity index (χ4v) is 1.96. The highest BCUT2D eigenvalue weighted by Crippen LogP contribution is 2.31. The molecule has 0 bridgehead atoms. The van der Waals surface area contributed by atoms with Crippen LogP contribution in [0.3, 0.4) is 0 Å². The number of hydrogen-bond acceptors (Lipinski definition) is 3. The highest BCUT2D eigenvalue weighted by Gasteiger charge is 2.33. The van der Waals surface area contributed by atoms with Gasteiger partial charge in [-0.15, -0.1) is 12.4 Å². The van der Waals surface area contributed by atoms with E-state index in [1.54, 1.807) is 6.20 Å². The third-order valence-corrected chi connectivity index (χ3v) is 2.89. The van der Waals surface area contributed by atoms with Crippen LogP contribution in [0.4, 0.5) is 0 Å². The first-order valence-electron chi connectivity index (χ1n) is 4.90. The Morgan fingerprint density at radius 1 is 1.40 bits per heavy atom. The van der Waals surface area contributed by atoms with Gasteiger partial charge in [-0.2, -0.15) is 5.26 Å². The van der Waals surface area contributed by atoms with Crippen molar-refractivity contribution in [1.29, 1.82) is 5.26 Å². The second kappa shape index (κ2) is 5.11. The minimum atomic E-state index is -0.306. The van der Waals surface area contributed by atoms with Crippen molar-refractivity contribution < 1.29 is 0 Å². The number of pyridine rings is 1. The van der Waals surface area contributed by atoms with Gasteiger partial charge in [0.2, 0.25) is 0 Å². The number of halogens is 1. The lowest BCUT2D eigenvalue weighted by atomic mass is 9.75. The number of nitrogens with zero attached hydrogens (tertiary/aromatic N) is 2. The zero-order valence-corrected chi connectivity index (χ0v) is 9.26. The Morgan fingerprint density at radius 2 is 2.13 bits per heavy atom. The van der Waals surface area contributed by atoms with Gasteiger partial charge < -0.3 is 5.32 Å². The molecule has 1 aromatic rings. The normalized spacial score (nSPS) is 18.6. The van der Waals surface area contributed by atoms with Gasteiger partial charge in [0, 0.05) is 12.4 Å². The van der Waals surface area contributed by atoms with Crippen LogP contribution >= 0.6 is 12.4 Å². The Bertz CT molecular complexity index is 339. The summed E-state index contributed by atoms with van der Waals surface area (Å²) >= 11 is 0. The first-order chi connectivity index (χ1) is 6.87. The van der Waals surface area contributed by atoms with E-state index in [4.69, 9.17) is 0 Å². The van der Waals surface area contributed by atoms with Crippen molar-refractivity contribution in [2.45, 2.75) is 18.3 Å². The van der Waals surface area contributed by atoms with E-state index >= 15 is 0 Å². The first-order valence-corrected chi connectivity index (χ1v) is 4.90. The predicted octanol–water partition coefficient (Wildman–Crippen LogP) is 1.65. The molecule has 0 spiro atoms. The van der Waals surface area contributed by atoms with E-state index in [0.717, 1.165) is 31.5 Å². The lowest BCUT2D eigenvalue weighted by molar-refractivity contribution is 0.381. The molecule has 1 saturated heterocycles. The maximum absolute atomic E-state index is 9.29. The topological polar surface area (TPSA) is 48.7 Å². The largest absolute Gasteiger partial charge is 0.317 e. The molecule has 3 nitrogen and oxygen atoms in total. The number of aromatic nitrogens is 1. The van der Waals surface area contributed by atoms with Crippen LogP contribution in [0.15, 0.2) is 24.5 Å². The summed E-state index contributed by atoms with van der Waals surface area (Å²) in [7, 11) is 0. The molecule has 1 aliphatic rings. The number of nitrogens with one attached hydrogen (secondary N) is 1. The minimum Gasteiger partial charge on any atom is -0.317 e. The van der Waals surface area contributed by atoms with E-state index in [1.165, 1.54) is 0 Å². The summed E-state index contributed by atoms with van der Waals surface area (Å²) in [6.45, 7) is 1.84. The van der Waals surface area contributed by atoms with Crippen molar-refractivity contribution >= 4 is 12.4 Å². The van der Waals surface area contributed by atoms with E-state index in [0.29, 0.717) is 0 Å². The molecule has 2 heterocycles. The van der Waals surface area contributed by atoms with Gasteiger partial charge in [-0.25, -0.2) is 0 Å². The highest BCUT2D eigenvalue weighted by molar-refractivity contribution is 5.85. The van der Waals surface area contributed by atoms with Crippen molar-refractivity contribution in [1.82, 2.24) is 10.3 Å². The van der Waals surface area contributed by atoms with Gasteiger partial charge in [-0.05, 0) is 37.6 Å². The van der Waals surface area contributed by atoms with Gasteiger partial charge in [-0.3, -0.25) is 4.98 Å². The summed E-state index contributed by atoms with van der Waals surface area (Å²) in [5.74, 6) is 0. The molecule has 0 saturated carbocycles. The van der Waals surface area contributed by atoms with Crippen molar-refractivity contribution in [2.75, 3.05) is 13.1 Å². The number of piperidine rings is 1. The Hall–Kier alpha value is -1.11. The average Bonchev–Trinajstić information content (AvgIpc) is 2.31. The van der Waals surface area contributed by atoms with Crippen LogP contribution in [0.25, 0.3) is 0 Å². The quantitative estimate of drug-likeness (QED) is 0.788. The molecular weight excluding hydrogens is 210 g/mol.